The van der Waals surface area contributed by atoms with E-state index in [1.807, 2.05) is 19.1 Å². The van der Waals surface area contributed by atoms with E-state index in [1.165, 1.54) is 0 Å². The zero-order valence-electron chi connectivity index (χ0n) is 8.10. The second-order valence-electron chi connectivity index (χ2n) is 3.00. The summed E-state index contributed by atoms with van der Waals surface area (Å²) in [5, 5.41) is 18.5. The molecule has 0 aliphatic carbocycles. The molecule has 14 heavy (non-hydrogen) atoms. The summed E-state index contributed by atoms with van der Waals surface area (Å²) >= 11 is 0. The molecule has 1 aromatic carbocycles. The average Bonchev–Trinajstić information content (AvgIpc) is 2.17. The molecule has 0 heterocycles. The molecular formula is C10H16ClNO2. The molecule has 80 valence electrons. The van der Waals surface area contributed by atoms with Gasteiger partial charge in [0.2, 0.25) is 0 Å². The van der Waals surface area contributed by atoms with Crippen LogP contribution in [0.15, 0.2) is 18.2 Å². The molecule has 4 N–H and O–H groups in total. The first-order valence-corrected chi connectivity index (χ1v) is 4.37. The van der Waals surface area contributed by atoms with E-state index < -0.39 is 6.04 Å². The third kappa shape index (κ3) is 2.61. The number of hydrogen-bond acceptors (Lipinski definition) is 3. The number of aliphatic hydroxyl groups excluding tert-OH is 1. The van der Waals surface area contributed by atoms with Crippen molar-refractivity contribution in [1.82, 2.24) is 0 Å². The zero-order valence-corrected chi connectivity index (χ0v) is 8.92. The number of rotatable bonds is 3. The van der Waals surface area contributed by atoms with E-state index in [0.29, 0.717) is 5.56 Å². The molecule has 0 aliphatic rings. The quantitative estimate of drug-likeness (QED) is 0.717. The van der Waals surface area contributed by atoms with Gasteiger partial charge < -0.3 is 15.9 Å². The number of benzene rings is 1. The van der Waals surface area contributed by atoms with E-state index >= 15 is 0 Å². The van der Waals surface area contributed by atoms with Gasteiger partial charge in [0.1, 0.15) is 5.75 Å². The van der Waals surface area contributed by atoms with Crippen LogP contribution in [0.5, 0.6) is 5.75 Å². The van der Waals surface area contributed by atoms with E-state index in [2.05, 4.69) is 0 Å². The van der Waals surface area contributed by atoms with Crippen molar-refractivity contribution in [2.45, 2.75) is 19.4 Å². The molecule has 0 spiro atoms. The summed E-state index contributed by atoms with van der Waals surface area (Å²) in [6, 6.07) is 4.92. The smallest absolute Gasteiger partial charge is 0.123 e. The Morgan fingerprint density at radius 3 is 2.57 bits per heavy atom. The van der Waals surface area contributed by atoms with Gasteiger partial charge in [-0.25, -0.2) is 0 Å². The van der Waals surface area contributed by atoms with Crippen LogP contribution in [0.1, 0.15) is 24.1 Å². The molecular weight excluding hydrogens is 202 g/mol. The van der Waals surface area contributed by atoms with Crippen LogP contribution in [0.25, 0.3) is 0 Å². The van der Waals surface area contributed by atoms with Gasteiger partial charge in [0, 0.05) is 5.56 Å². The van der Waals surface area contributed by atoms with E-state index in [4.69, 9.17) is 10.8 Å². The molecule has 0 radical (unpaired) electrons. The maximum absolute atomic E-state index is 9.70. The lowest BCUT2D eigenvalue weighted by molar-refractivity contribution is 0.265. The topological polar surface area (TPSA) is 66.5 Å². The molecule has 0 bridgehead atoms. The largest absolute Gasteiger partial charge is 0.507 e. The fourth-order valence-electron chi connectivity index (χ4n) is 1.29. The number of phenols is 1. The van der Waals surface area contributed by atoms with Gasteiger partial charge in [-0.2, -0.15) is 0 Å². The molecule has 1 aromatic rings. The van der Waals surface area contributed by atoms with Gasteiger partial charge in [-0.3, -0.25) is 0 Å². The van der Waals surface area contributed by atoms with Crippen LogP contribution in [-0.2, 0) is 6.42 Å². The number of hydrogen-bond donors (Lipinski definition) is 3. The van der Waals surface area contributed by atoms with Crippen LogP contribution < -0.4 is 5.73 Å². The van der Waals surface area contributed by atoms with Crippen molar-refractivity contribution in [2.24, 2.45) is 5.73 Å². The van der Waals surface area contributed by atoms with Crippen LogP contribution in [0.4, 0.5) is 0 Å². The number of halogens is 1. The molecule has 0 unspecified atom stereocenters. The maximum atomic E-state index is 9.70. The summed E-state index contributed by atoms with van der Waals surface area (Å²) in [5.41, 5.74) is 7.08. The minimum Gasteiger partial charge on any atom is -0.507 e. The van der Waals surface area contributed by atoms with Crippen LogP contribution in [0.3, 0.4) is 0 Å². The van der Waals surface area contributed by atoms with Crippen LogP contribution in [-0.4, -0.2) is 16.8 Å². The van der Waals surface area contributed by atoms with Gasteiger partial charge in [0.05, 0.1) is 12.6 Å². The first kappa shape index (κ1) is 13.2. The Labute approximate surface area is 90.0 Å². The number of phenolic OH excluding ortho intramolecular Hbond substituents is 1. The van der Waals surface area contributed by atoms with Crippen molar-refractivity contribution >= 4 is 12.4 Å². The summed E-state index contributed by atoms with van der Waals surface area (Å²) in [7, 11) is 0. The number of aromatic hydroxyl groups is 1. The Bertz CT molecular complexity index is 291. The predicted octanol–water partition coefficient (Wildman–Crippen LogP) is 1.37. The summed E-state index contributed by atoms with van der Waals surface area (Å²) in [5.74, 6) is 0.214. The van der Waals surface area contributed by atoms with Crippen molar-refractivity contribution in [3.63, 3.8) is 0 Å². The average molecular weight is 218 g/mol. The van der Waals surface area contributed by atoms with Gasteiger partial charge >= 0.3 is 0 Å². The maximum Gasteiger partial charge on any atom is 0.123 e. The Kier molecular flexibility index (Phi) is 5.53. The lowest BCUT2D eigenvalue weighted by atomic mass is 10.0. The van der Waals surface area contributed by atoms with Crippen molar-refractivity contribution in [2.75, 3.05) is 6.61 Å². The van der Waals surface area contributed by atoms with Crippen molar-refractivity contribution in [1.29, 1.82) is 0 Å². The normalized spacial score (nSPS) is 11.9. The van der Waals surface area contributed by atoms with Crippen LogP contribution in [0, 0.1) is 0 Å². The second kappa shape index (κ2) is 5.86. The Hall–Kier alpha value is -0.770. The van der Waals surface area contributed by atoms with E-state index in [9.17, 15) is 5.11 Å². The molecule has 0 saturated carbocycles. The summed E-state index contributed by atoms with van der Waals surface area (Å²) in [4.78, 5) is 0. The highest BCUT2D eigenvalue weighted by Crippen LogP contribution is 2.26. The molecule has 1 atom stereocenters. The monoisotopic (exact) mass is 217 g/mol. The van der Waals surface area contributed by atoms with Crippen molar-refractivity contribution in [3.8, 4) is 5.75 Å². The Morgan fingerprint density at radius 2 is 2.07 bits per heavy atom. The summed E-state index contributed by atoms with van der Waals surface area (Å²) < 4.78 is 0. The number of aryl methyl sites for hydroxylation is 1. The molecule has 0 aromatic heterocycles. The Morgan fingerprint density at radius 1 is 1.43 bits per heavy atom. The number of para-hydroxylation sites is 1. The van der Waals surface area contributed by atoms with Crippen LogP contribution >= 0.6 is 12.4 Å². The van der Waals surface area contributed by atoms with Gasteiger partial charge in [-0.05, 0) is 12.0 Å². The molecule has 4 heteroatoms. The van der Waals surface area contributed by atoms with Gasteiger partial charge in [-0.15, -0.1) is 12.4 Å². The first-order valence-electron chi connectivity index (χ1n) is 4.37. The minimum atomic E-state index is -0.494. The summed E-state index contributed by atoms with van der Waals surface area (Å²) in [6.45, 7) is 1.81. The van der Waals surface area contributed by atoms with Crippen molar-refractivity contribution < 1.29 is 10.2 Å². The standard InChI is InChI=1S/C10H15NO2.ClH/c1-2-7-4-3-5-8(10(7)13)9(11)6-12;/h3-5,9,12-13H,2,6,11H2,1H3;1H/t9-;/m1./s1. The molecule has 0 saturated heterocycles. The molecule has 1 rings (SSSR count). The van der Waals surface area contributed by atoms with Gasteiger partial charge in [-0.1, -0.05) is 25.1 Å². The van der Waals surface area contributed by atoms with E-state index in [0.717, 1.165) is 12.0 Å². The second-order valence-corrected chi connectivity index (χ2v) is 3.00. The lowest BCUT2D eigenvalue weighted by Crippen LogP contribution is -2.14. The summed E-state index contributed by atoms with van der Waals surface area (Å²) in [6.07, 6.45) is 0.762. The first-order chi connectivity index (χ1) is 6.20. The molecule has 0 aliphatic heterocycles. The number of aliphatic hydroxyl groups is 1. The zero-order chi connectivity index (χ0) is 9.84. The lowest BCUT2D eigenvalue weighted by Gasteiger charge is -2.12. The molecule has 3 nitrogen and oxygen atoms in total. The highest BCUT2D eigenvalue weighted by molar-refractivity contribution is 5.85. The van der Waals surface area contributed by atoms with Gasteiger partial charge in [0.25, 0.3) is 0 Å². The fraction of sp³-hybridized carbons (Fsp3) is 0.400. The fourth-order valence-corrected chi connectivity index (χ4v) is 1.29. The minimum absolute atomic E-state index is 0. The van der Waals surface area contributed by atoms with Crippen LogP contribution in [0.2, 0.25) is 0 Å². The predicted molar refractivity (Wildman–Crippen MR) is 58.7 cm³/mol. The molecule has 0 amide bonds. The highest BCUT2D eigenvalue weighted by atomic mass is 35.5. The Balaban J connectivity index is 0.00000169. The number of nitrogens with two attached hydrogens (primary N) is 1. The SMILES string of the molecule is CCc1cccc([C@H](N)CO)c1O.Cl. The molecule has 0 fully saturated rings. The van der Waals surface area contributed by atoms with Crippen molar-refractivity contribution in [3.05, 3.63) is 29.3 Å². The highest BCUT2D eigenvalue weighted by Gasteiger charge is 2.11. The van der Waals surface area contributed by atoms with Gasteiger partial charge in [0.15, 0.2) is 0 Å². The third-order valence-electron chi connectivity index (χ3n) is 2.13. The van der Waals surface area contributed by atoms with E-state index in [1.54, 1.807) is 6.07 Å². The van der Waals surface area contributed by atoms with E-state index in [-0.39, 0.29) is 24.8 Å². The third-order valence-corrected chi connectivity index (χ3v) is 2.13.